The number of fused-ring (bicyclic) bond motifs is 1. The number of anilines is 1. The van der Waals surface area contributed by atoms with E-state index < -0.39 is 0 Å². The minimum atomic E-state index is 0.244. The van der Waals surface area contributed by atoms with Crippen molar-refractivity contribution in [3.63, 3.8) is 0 Å². The fraction of sp³-hybridized carbons (Fsp3) is 0.227. The molecule has 0 saturated heterocycles. The second-order valence-corrected chi connectivity index (χ2v) is 7.94. The van der Waals surface area contributed by atoms with Crippen molar-refractivity contribution in [3.8, 4) is 22.6 Å². The number of aromatic nitrogens is 3. The number of benzene rings is 1. The molecule has 0 saturated carbocycles. The molecule has 1 aromatic carbocycles. The van der Waals surface area contributed by atoms with Crippen LogP contribution < -0.4 is 14.4 Å². The number of ether oxygens (including phenoxy) is 2. The van der Waals surface area contributed by atoms with Gasteiger partial charge in [-0.15, -0.1) is 11.3 Å². The molecule has 0 bridgehead atoms. The summed E-state index contributed by atoms with van der Waals surface area (Å²) in [5.41, 5.74) is 3.27. The van der Waals surface area contributed by atoms with Crippen LogP contribution in [0.5, 0.6) is 11.5 Å². The highest BCUT2D eigenvalue weighted by molar-refractivity contribution is 7.17. The highest BCUT2D eigenvalue weighted by Gasteiger charge is 2.19. The maximum atomic E-state index is 6.24. The molecule has 0 aliphatic heterocycles. The van der Waals surface area contributed by atoms with Crippen molar-refractivity contribution < 1.29 is 9.47 Å². The van der Waals surface area contributed by atoms with Crippen LogP contribution in [0.15, 0.2) is 48.1 Å². The van der Waals surface area contributed by atoms with Crippen molar-refractivity contribution in [2.45, 2.75) is 6.42 Å². The summed E-state index contributed by atoms with van der Waals surface area (Å²) in [7, 11) is 5.28. The van der Waals surface area contributed by atoms with Crippen molar-refractivity contribution in [1.29, 1.82) is 0 Å². The quantitative estimate of drug-likeness (QED) is 0.372. The first-order valence-corrected chi connectivity index (χ1v) is 10.6. The summed E-state index contributed by atoms with van der Waals surface area (Å²) < 4.78 is 10.9. The lowest BCUT2D eigenvalue weighted by Gasteiger charge is -2.20. The number of likely N-dealkylation sites (N-methyl/N-ethyl adjacent to an activating group) is 1. The lowest BCUT2D eigenvalue weighted by atomic mass is 10.0. The first kappa shape index (κ1) is 20.4. The Labute approximate surface area is 184 Å². The summed E-state index contributed by atoms with van der Waals surface area (Å²) in [6, 6.07) is 9.93. The van der Waals surface area contributed by atoms with Crippen molar-refractivity contribution >= 4 is 39.0 Å². The van der Waals surface area contributed by atoms with E-state index in [0.717, 1.165) is 40.1 Å². The van der Waals surface area contributed by atoms with Gasteiger partial charge in [0.1, 0.15) is 10.6 Å². The molecular weight excluding hydrogens is 420 g/mol. The Morgan fingerprint density at radius 2 is 1.80 bits per heavy atom. The molecule has 0 fully saturated rings. The van der Waals surface area contributed by atoms with Gasteiger partial charge in [-0.05, 0) is 53.4 Å². The third-order valence-electron chi connectivity index (χ3n) is 4.93. The van der Waals surface area contributed by atoms with Gasteiger partial charge in [-0.1, -0.05) is 6.07 Å². The molecule has 3 heterocycles. The molecule has 0 atom stereocenters. The van der Waals surface area contributed by atoms with E-state index in [1.807, 2.05) is 49.8 Å². The van der Waals surface area contributed by atoms with Gasteiger partial charge >= 0.3 is 0 Å². The van der Waals surface area contributed by atoms with Crippen LogP contribution in [0.3, 0.4) is 0 Å². The molecule has 4 rings (SSSR count). The summed E-state index contributed by atoms with van der Waals surface area (Å²) in [4.78, 5) is 16.1. The van der Waals surface area contributed by atoms with Gasteiger partial charge in [0.25, 0.3) is 0 Å². The number of hydrogen-bond donors (Lipinski definition) is 0. The molecule has 0 unspecified atom stereocenters. The SMILES string of the molecule is COc1ccc(-c2csc3nc(Cl)nc(N(C)CCc4ccncc4)c23)cc1OC. The Kier molecular flexibility index (Phi) is 6.01. The first-order chi connectivity index (χ1) is 14.6. The molecule has 4 aromatic rings. The predicted octanol–water partition coefficient (Wildman–Crippen LogP) is 5.10. The average molecular weight is 441 g/mol. The van der Waals surface area contributed by atoms with Crippen molar-refractivity contribution in [2.24, 2.45) is 0 Å². The Morgan fingerprint density at radius 1 is 1.03 bits per heavy atom. The standard InChI is InChI=1S/C22H21ClN4O2S/c1-27(11-8-14-6-9-24-10-7-14)20-19-16(13-30-21(19)26-22(23)25-20)15-4-5-17(28-2)18(12-15)29-3/h4-7,9-10,12-13H,8,11H2,1-3H3. The van der Waals surface area contributed by atoms with Crippen LogP contribution in [-0.4, -0.2) is 42.8 Å². The fourth-order valence-corrected chi connectivity index (χ4v) is 4.50. The third kappa shape index (κ3) is 4.04. The second-order valence-electron chi connectivity index (χ2n) is 6.74. The number of thiophene rings is 1. The van der Waals surface area contributed by atoms with E-state index in [1.165, 1.54) is 5.56 Å². The van der Waals surface area contributed by atoms with E-state index >= 15 is 0 Å². The van der Waals surface area contributed by atoms with Crippen LogP contribution in [-0.2, 0) is 6.42 Å². The molecule has 8 heteroatoms. The summed E-state index contributed by atoms with van der Waals surface area (Å²) in [6.45, 7) is 0.785. The molecule has 3 aromatic heterocycles. The zero-order chi connectivity index (χ0) is 21.1. The van der Waals surface area contributed by atoms with E-state index in [1.54, 1.807) is 25.6 Å². The highest BCUT2D eigenvalue weighted by atomic mass is 35.5. The Bertz CT molecular complexity index is 1170. The number of nitrogens with zero attached hydrogens (tertiary/aromatic N) is 4. The topological polar surface area (TPSA) is 60.4 Å². The number of methoxy groups -OCH3 is 2. The normalized spacial score (nSPS) is 10.9. The van der Waals surface area contributed by atoms with Gasteiger partial charge in [-0.2, -0.15) is 4.98 Å². The number of halogens is 1. The van der Waals surface area contributed by atoms with Gasteiger partial charge in [-0.25, -0.2) is 4.98 Å². The largest absolute Gasteiger partial charge is 0.493 e. The summed E-state index contributed by atoms with van der Waals surface area (Å²) >= 11 is 7.79. The monoisotopic (exact) mass is 440 g/mol. The predicted molar refractivity (Wildman–Crippen MR) is 122 cm³/mol. The van der Waals surface area contributed by atoms with Gasteiger partial charge in [0.05, 0.1) is 19.6 Å². The summed E-state index contributed by atoms with van der Waals surface area (Å²) in [5.74, 6) is 2.18. The van der Waals surface area contributed by atoms with Crippen LogP contribution in [0.25, 0.3) is 21.3 Å². The van der Waals surface area contributed by atoms with E-state index in [9.17, 15) is 0 Å². The highest BCUT2D eigenvalue weighted by Crippen LogP contribution is 2.41. The van der Waals surface area contributed by atoms with Crippen molar-refractivity contribution in [1.82, 2.24) is 15.0 Å². The van der Waals surface area contributed by atoms with Crippen LogP contribution in [0.4, 0.5) is 5.82 Å². The van der Waals surface area contributed by atoms with Gasteiger partial charge < -0.3 is 14.4 Å². The molecule has 0 radical (unpaired) electrons. The summed E-state index contributed by atoms with van der Waals surface area (Å²) in [5, 5.41) is 3.31. The number of pyridine rings is 1. The van der Waals surface area contributed by atoms with E-state index in [4.69, 9.17) is 21.1 Å². The van der Waals surface area contributed by atoms with Gasteiger partial charge in [-0.3, -0.25) is 4.98 Å². The Hall–Kier alpha value is -2.90. The zero-order valence-corrected chi connectivity index (χ0v) is 18.5. The molecule has 0 aliphatic carbocycles. The van der Waals surface area contributed by atoms with Gasteiger partial charge in [0, 0.05) is 36.9 Å². The first-order valence-electron chi connectivity index (χ1n) is 9.38. The number of rotatable bonds is 7. The molecule has 0 amide bonds. The van der Waals surface area contributed by atoms with Crippen LogP contribution >= 0.6 is 22.9 Å². The fourth-order valence-electron chi connectivity index (χ4n) is 3.34. The lowest BCUT2D eigenvalue weighted by Crippen LogP contribution is -2.22. The molecule has 6 nitrogen and oxygen atoms in total. The van der Waals surface area contributed by atoms with Gasteiger partial charge in [0.15, 0.2) is 11.5 Å². The van der Waals surface area contributed by atoms with Crippen molar-refractivity contribution in [3.05, 3.63) is 59.0 Å². The molecular formula is C22H21ClN4O2S. The van der Waals surface area contributed by atoms with Crippen LogP contribution in [0.1, 0.15) is 5.56 Å². The molecule has 0 N–H and O–H groups in total. The second kappa shape index (κ2) is 8.85. The average Bonchev–Trinajstić information content (AvgIpc) is 3.20. The Morgan fingerprint density at radius 3 is 2.53 bits per heavy atom. The van der Waals surface area contributed by atoms with Crippen LogP contribution in [0.2, 0.25) is 5.28 Å². The molecule has 0 aliphatic rings. The van der Waals surface area contributed by atoms with E-state index in [0.29, 0.717) is 11.5 Å². The van der Waals surface area contributed by atoms with Crippen LogP contribution in [0, 0.1) is 0 Å². The number of hydrogen-bond acceptors (Lipinski definition) is 7. The van der Waals surface area contributed by atoms with E-state index in [-0.39, 0.29) is 5.28 Å². The maximum absolute atomic E-state index is 6.24. The Balaban J connectivity index is 1.74. The van der Waals surface area contributed by atoms with E-state index in [2.05, 4.69) is 25.2 Å². The maximum Gasteiger partial charge on any atom is 0.225 e. The molecule has 154 valence electrons. The minimum Gasteiger partial charge on any atom is -0.493 e. The smallest absolute Gasteiger partial charge is 0.225 e. The van der Waals surface area contributed by atoms with Crippen molar-refractivity contribution in [2.75, 3.05) is 32.7 Å². The zero-order valence-electron chi connectivity index (χ0n) is 16.9. The lowest BCUT2D eigenvalue weighted by molar-refractivity contribution is 0.355. The minimum absolute atomic E-state index is 0.244. The molecule has 0 spiro atoms. The third-order valence-corrected chi connectivity index (χ3v) is 5.97. The summed E-state index contributed by atoms with van der Waals surface area (Å²) in [6.07, 6.45) is 4.49. The molecule has 30 heavy (non-hydrogen) atoms. The van der Waals surface area contributed by atoms with Gasteiger partial charge in [0.2, 0.25) is 5.28 Å².